The number of ether oxygens (including phenoxy) is 1. The van der Waals surface area contributed by atoms with E-state index in [4.69, 9.17) is 17.0 Å². The summed E-state index contributed by atoms with van der Waals surface area (Å²) in [5.74, 6) is 0.918. The summed E-state index contributed by atoms with van der Waals surface area (Å²) in [6.07, 6.45) is 2.48. The van der Waals surface area contributed by atoms with Crippen LogP contribution >= 0.6 is 12.2 Å². The van der Waals surface area contributed by atoms with E-state index >= 15 is 0 Å². The number of methoxy groups -OCH3 is 1. The largest absolute Gasteiger partial charge is 0.496 e. The summed E-state index contributed by atoms with van der Waals surface area (Å²) in [6.45, 7) is 2.85. The zero-order chi connectivity index (χ0) is 13.1. The molecule has 3 nitrogen and oxygen atoms in total. The van der Waals surface area contributed by atoms with E-state index in [1.807, 2.05) is 13.1 Å². The van der Waals surface area contributed by atoms with Gasteiger partial charge in [-0.3, -0.25) is 0 Å². The Morgan fingerprint density at radius 3 is 2.83 bits per heavy atom. The summed E-state index contributed by atoms with van der Waals surface area (Å²) in [5.41, 5.74) is 2.40. The van der Waals surface area contributed by atoms with E-state index in [1.165, 1.54) is 24.0 Å². The zero-order valence-corrected chi connectivity index (χ0v) is 12.0. The van der Waals surface area contributed by atoms with Crippen molar-refractivity contribution in [3.63, 3.8) is 0 Å². The van der Waals surface area contributed by atoms with E-state index in [9.17, 15) is 0 Å². The summed E-state index contributed by atoms with van der Waals surface area (Å²) < 4.78 is 5.38. The van der Waals surface area contributed by atoms with Crippen molar-refractivity contribution in [2.24, 2.45) is 0 Å². The molecule has 0 unspecified atom stereocenters. The lowest BCUT2D eigenvalue weighted by Gasteiger charge is -2.22. The predicted molar refractivity (Wildman–Crippen MR) is 78.0 cm³/mol. The molecule has 1 aliphatic carbocycles. The first-order valence-electron chi connectivity index (χ1n) is 6.25. The van der Waals surface area contributed by atoms with Gasteiger partial charge in [0.15, 0.2) is 5.11 Å². The molecule has 1 fully saturated rings. The van der Waals surface area contributed by atoms with E-state index in [1.54, 1.807) is 7.11 Å². The Morgan fingerprint density at radius 2 is 2.22 bits per heavy atom. The smallest absolute Gasteiger partial charge is 0.169 e. The molecule has 1 aromatic rings. The summed E-state index contributed by atoms with van der Waals surface area (Å²) >= 11 is 5.38. The molecule has 1 aromatic carbocycles. The number of hydrogen-bond acceptors (Lipinski definition) is 2. The molecule has 4 heteroatoms. The van der Waals surface area contributed by atoms with Crippen LogP contribution in [0.3, 0.4) is 0 Å². The maximum atomic E-state index is 5.38. The van der Waals surface area contributed by atoms with Crippen molar-refractivity contribution in [2.45, 2.75) is 32.4 Å². The zero-order valence-electron chi connectivity index (χ0n) is 11.2. The Hall–Kier alpha value is -1.29. The van der Waals surface area contributed by atoms with Gasteiger partial charge in [-0.05, 0) is 38.0 Å². The fourth-order valence-corrected chi connectivity index (χ4v) is 2.10. The van der Waals surface area contributed by atoms with E-state index in [-0.39, 0.29) is 0 Å². The maximum absolute atomic E-state index is 5.38. The minimum Gasteiger partial charge on any atom is -0.496 e. The Labute approximate surface area is 114 Å². The number of benzene rings is 1. The lowest BCUT2D eigenvalue weighted by molar-refractivity contribution is 0.397. The van der Waals surface area contributed by atoms with E-state index in [2.05, 4.69) is 29.3 Å². The Bertz CT molecular complexity index is 443. The Morgan fingerprint density at radius 1 is 1.50 bits per heavy atom. The number of nitrogens with zero attached hydrogens (tertiary/aromatic N) is 1. The topological polar surface area (TPSA) is 24.5 Å². The fraction of sp³-hybridized carbons (Fsp3) is 0.500. The highest BCUT2D eigenvalue weighted by molar-refractivity contribution is 7.80. The number of nitrogens with one attached hydrogen (secondary N) is 1. The third-order valence-corrected chi connectivity index (χ3v) is 3.52. The molecule has 0 radical (unpaired) electrons. The molecule has 0 spiro atoms. The van der Waals surface area contributed by atoms with Crippen molar-refractivity contribution in [3.05, 3.63) is 29.3 Å². The molecule has 98 valence electrons. The molecule has 0 amide bonds. The molecule has 0 aliphatic heterocycles. The number of aryl methyl sites for hydroxylation is 1. The van der Waals surface area contributed by atoms with Gasteiger partial charge >= 0.3 is 0 Å². The molecular weight excluding hydrogens is 244 g/mol. The van der Waals surface area contributed by atoms with Crippen LogP contribution in [-0.4, -0.2) is 30.2 Å². The summed E-state index contributed by atoms with van der Waals surface area (Å²) in [5, 5.41) is 4.16. The molecule has 0 heterocycles. The first kappa shape index (κ1) is 13.1. The van der Waals surface area contributed by atoms with Crippen molar-refractivity contribution >= 4 is 17.3 Å². The van der Waals surface area contributed by atoms with E-state index in [0.717, 1.165) is 17.4 Å². The average molecular weight is 264 g/mol. The lowest BCUT2D eigenvalue weighted by Crippen LogP contribution is -2.37. The van der Waals surface area contributed by atoms with Crippen LogP contribution in [0.15, 0.2) is 18.2 Å². The van der Waals surface area contributed by atoms with Gasteiger partial charge in [-0.15, -0.1) is 0 Å². The fourth-order valence-electron chi connectivity index (χ4n) is 1.87. The van der Waals surface area contributed by atoms with Crippen LogP contribution in [-0.2, 0) is 6.54 Å². The van der Waals surface area contributed by atoms with Crippen molar-refractivity contribution < 1.29 is 4.74 Å². The molecule has 1 saturated carbocycles. The molecule has 18 heavy (non-hydrogen) atoms. The SMILES string of the molecule is COc1ccc(C)cc1CN(C)C(=S)NC1CC1. The molecule has 0 saturated heterocycles. The summed E-state index contributed by atoms with van der Waals surface area (Å²) in [6, 6.07) is 6.81. The van der Waals surface area contributed by atoms with Gasteiger partial charge in [0.1, 0.15) is 5.75 Å². The van der Waals surface area contributed by atoms with Crippen LogP contribution in [0.5, 0.6) is 5.75 Å². The van der Waals surface area contributed by atoms with Crippen LogP contribution in [0.4, 0.5) is 0 Å². The van der Waals surface area contributed by atoms with Crippen molar-refractivity contribution in [3.8, 4) is 5.75 Å². The van der Waals surface area contributed by atoms with Gasteiger partial charge in [-0.2, -0.15) is 0 Å². The highest BCUT2D eigenvalue weighted by Gasteiger charge is 2.23. The van der Waals surface area contributed by atoms with Crippen LogP contribution in [0.2, 0.25) is 0 Å². The highest BCUT2D eigenvalue weighted by Crippen LogP contribution is 2.22. The van der Waals surface area contributed by atoms with Crippen LogP contribution in [0.1, 0.15) is 24.0 Å². The van der Waals surface area contributed by atoms with Gasteiger partial charge in [0.25, 0.3) is 0 Å². The predicted octanol–water partition coefficient (Wildman–Crippen LogP) is 2.47. The normalized spacial score (nSPS) is 14.2. The maximum Gasteiger partial charge on any atom is 0.169 e. The first-order valence-corrected chi connectivity index (χ1v) is 6.66. The quantitative estimate of drug-likeness (QED) is 0.844. The Kier molecular flexibility index (Phi) is 4.07. The molecule has 0 aromatic heterocycles. The first-order chi connectivity index (χ1) is 8.60. The molecule has 0 atom stereocenters. The molecular formula is C14H20N2OS. The molecule has 1 aliphatic rings. The van der Waals surface area contributed by atoms with Gasteiger partial charge in [0.05, 0.1) is 7.11 Å². The molecule has 2 rings (SSSR count). The van der Waals surface area contributed by atoms with Gasteiger partial charge in [0, 0.05) is 25.2 Å². The molecule has 1 N–H and O–H groups in total. The van der Waals surface area contributed by atoms with Crippen LogP contribution in [0, 0.1) is 6.92 Å². The van der Waals surface area contributed by atoms with E-state index < -0.39 is 0 Å². The average Bonchev–Trinajstić information content (AvgIpc) is 3.13. The summed E-state index contributed by atoms with van der Waals surface area (Å²) in [7, 11) is 3.72. The van der Waals surface area contributed by atoms with E-state index in [0.29, 0.717) is 6.04 Å². The van der Waals surface area contributed by atoms with Gasteiger partial charge in [-0.25, -0.2) is 0 Å². The second-order valence-electron chi connectivity index (χ2n) is 4.90. The lowest BCUT2D eigenvalue weighted by atomic mass is 10.1. The minimum absolute atomic E-state index is 0.597. The van der Waals surface area contributed by atoms with Crippen LogP contribution < -0.4 is 10.1 Å². The van der Waals surface area contributed by atoms with Gasteiger partial charge < -0.3 is 15.0 Å². The summed E-state index contributed by atoms with van der Waals surface area (Å²) in [4.78, 5) is 2.06. The second-order valence-corrected chi connectivity index (χ2v) is 5.28. The van der Waals surface area contributed by atoms with Crippen molar-refractivity contribution in [2.75, 3.05) is 14.2 Å². The highest BCUT2D eigenvalue weighted by atomic mass is 32.1. The van der Waals surface area contributed by atoms with Crippen LogP contribution in [0.25, 0.3) is 0 Å². The van der Waals surface area contributed by atoms with Crippen molar-refractivity contribution in [1.29, 1.82) is 0 Å². The number of thiocarbonyl (C=S) groups is 1. The van der Waals surface area contributed by atoms with Gasteiger partial charge in [-0.1, -0.05) is 17.7 Å². The third kappa shape index (κ3) is 3.35. The molecule has 0 bridgehead atoms. The minimum atomic E-state index is 0.597. The standard InChI is InChI=1S/C14H20N2OS/c1-10-4-7-13(17-3)11(8-10)9-16(2)14(18)15-12-5-6-12/h4,7-8,12H,5-6,9H2,1-3H3,(H,15,18). The van der Waals surface area contributed by atoms with Crippen molar-refractivity contribution in [1.82, 2.24) is 10.2 Å². The Balaban J connectivity index is 2.02. The second kappa shape index (κ2) is 5.57. The third-order valence-electron chi connectivity index (χ3n) is 3.10. The number of rotatable bonds is 4. The number of hydrogen-bond donors (Lipinski definition) is 1. The van der Waals surface area contributed by atoms with Gasteiger partial charge in [0.2, 0.25) is 0 Å². The monoisotopic (exact) mass is 264 g/mol.